The molecule has 1 aliphatic rings. The van der Waals surface area contributed by atoms with Crippen LogP contribution in [0.25, 0.3) is 0 Å². The minimum atomic E-state index is -2.70. The van der Waals surface area contributed by atoms with E-state index in [9.17, 15) is 24.6 Å². The van der Waals surface area contributed by atoms with Crippen LogP contribution in [-0.4, -0.2) is 57.1 Å². The Bertz CT molecular complexity index is 613. The van der Waals surface area contributed by atoms with Crippen molar-refractivity contribution in [2.75, 3.05) is 6.61 Å². The van der Waals surface area contributed by atoms with Gasteiger partial charge >= 0.3 is 17.9 Å². The Kier molecular flexibility index (Phi) is 15.1. The molecule has 0 aliphatic carbocycles. The molecule has 8 nitrogen and oxygen atoms in total. The summed E-state index contributed by atoms with van der Waals surface area (Å²) in [5.41, 5.74) is -3.59. The molecule has 8 heteroatoms. The van der Waals surface area contributed by atoms with Crippen molar-refractivity contribution in [2.45, 2.75) is 147 Å². The van der Waals surface area contributed by atoms with Crippen LogP contribution in [-0.2, 0) is 23.9 Å². The first kappa shape index (κ1) is 31.4. The van der Waals surface area contributed by atoms with Gasteiger partial charge in [0.05, 0.1) is 18.9 Å². The molecule has 1 aliphatic heterocycles. The summed E-state index contributed by atoms with van der Waals surface area (Å²) in [4.78, 5) is 35.6. The van der Waals surface area contributed by atoms with Crippen molar-refractivity contribution in [1.82, 2.24) is 0 Å². The molecular weight excluding hydrogens is 452 g/mol. The maximum atomic E-state index is 13.0. The minimum absolute atomic E-state index is 0.268. The largest absolute Gasteiger partial charge is 0.481 e. The molecule has 0 bridgehead atoms. The normalized spacial score (nSPS) is 17.7. The second-order valence-corrected chi connectivity index (χ2v) is 10.2. The van der Waals surface area contributed by atoms with Crippen LogP contribution < -0.4 is 0 Å². The van der Waals surface area contributed by atoms with Crippen LogP contribution in [0.2, 0.25) is 0 Å². The fourth-order valence-electron chi connectivity index (χ4n) is 4.98. The van der Waals surface area contributed by atoms with Crippen molar-refractivity contribution >= 4 is 17.9 Å². The molecule has 2 atom stereocenters. The van der Waals surface area contributed by atoms with Gasteiger partial charge in [-0.25, -0.2) is 4.79 Å². The molecule has 2 unspecified atom stereocenters. The highest BCUT2D eigenvalue weighted by atomic mass is 16.6. The second kappa shape index (κ2) is 16.9. The van der Waals surface area contributed by atoms with Crippen LogP contribution in [0.4, 0.5) is 0 Å². The van der Waals surface area contributed by atoms with E-state index in [2.05, 4.69) is 13.8 Å². The van der Waals surface area contributed by atoms with E-state index in [4.69, 9.17) is 14.6 Å². The molecule has 1 fully saturated rings. The lowest BCUT2D eigenvalue weighted by atomic mass is 9.83. The van der Waals surface area contributed by atoms with Gasteiger partial charge in [0.25, 0.3) is 0 Å². The first-order valence-electron chi connectivity index (χ1n) is 13.7. The van der Waals surface area contributed by atoms with Gasteiger partial charge in [0.1, 0.15) is 5.60 Å². The summed E-state index contributed by atoms with van der Waals surface area (Å²) >= 11 is 0. The quantitative estimate of drug-likeness (QED) is 0.137. The van der Waals surface area contributed by atoms with E-state index in [1.165, 1.54) is 38.5 Å². The molecular formula is C27H48O8. The summed E-state index contributed by atoms with van der Waals surface area (Å²) in [6.45, 7) is 4.94. The van der Waals surface area contributed by atoms with Crippen molar-refractivity contribution in [1.29, 1.82) is 0 Å². The van der Waals surface area contributed by atoms with Crippen LogP contribution in [0.15, 0.2) is 0 Å². The summed E-state index contributed by atoms with van der Waals surface area (Å²) in [7, 11) is 0. The molecule has 0 saturated carbocycles. The zero-order valence-electron chi connectivity index (χ0n) is 21.9. The van der Waals surface area contributed by atoms with Crippen LogP contribution in [0.3, 0.4) is 0 Å². The maximum absolute atomic E-state index is 13.0. The number of esters is 1. The Labute approximate surface area is 210 Å². The number of carboxylic acids is 2. The van der Waals surface area contributed by atoms with E-state index in [0.717, 1.165) is 51.4 Å². The smallest absolute Gasteiger partial charge is 0.336 e. The maximum Gasteiger partial charge on any atom is 0.336 e. The van der Waals surface area contributed by atoms with Gasteiger partial charge in [-0.3, -0.25) is 9.59 Å². The van der Waals surface area contributed by atoms with E-state index in [1.54, 1.807) is 0 Å². The van der Waals surface area contributed by atoms with Gasteiger partial charge in [-0.05, 0) is 38.5 Å². The third kappa shape index (κ3) is 11.7. The highest BCUT2D eigenvalue weighted by molar-refractivity contribution is 5.88. The van der Waals surface area contributed by atoms with E-state index >= 15 is 0 Å². The number of carbonyl (C=O) groups is 3. The SMILES string of the molecule is CCCCCCCCC(CCCCCCCC)(OC(=O)CC(O)(CC(=O)O)C(=O)O)C1CCCO1. The molecule has 1 heterocycles. The van der Waals surface area contributed by atoms with E-state index in [-0.39, 0.29) is 6.10 Å². The van der Waals surface area contributed by atoms with Crippen LogP contribution >= 0.6 is 0 Å². The van der Waals surface area contributed by atoms with Gasteiger partial charge in [-0.2, -0.15) is 0 Å². The fraction of sp³-hybridized carbons (Fsp3) is 0.889. The molecule has 3 N–H and O–H groups in total. The number of hydrogen-bond acceptors (Lipinski definition) is 6. The Balaban J connectivity index is 2.97. The summed E-state index contributed by atoms with van der Waals surface area (Å²) in [5, 5.41) is 28.8. The fourth-order valence-corrected chi connectivity index (χ4v) is 4.98. The average Bonchev–Trinajstić information content (AvgIpc) is 3.33. The van der Waals surface area contributed by atoms with Gasteiger partial charge in [0.2, 0.25) is 0 Å². The van der Waals surface area contributed by atoms with Gasteiger partial charge < -0.3 is 24.8 Å². The van der Waals surface area contributed by atoms with Crippen molar-refractivity contribution in [3.8, 4) is 0 Å². The number of rotatable bonds is 21. The number of ether oxygens (including phenoxy) is 2. The van der Waals surface area contributed by atoms with Crippen molar-refractivity contribution < 1.29 is 39.2 Å². The lowest BCUT2D eigenvalue weighted by molar-refractivity contribution is -0.189. The van der Waals surface area contributed by atoms with Crippen molar-refractivity contribution in [3.63, 3.8) is 0 Å². The zero-order chi connectivity index (χ0) is 26.2. The second-order valence-electron chi connectivity index (χ2n) is 10.2. The summed E-state index contributed by atoms with van der Waals surface area (Å²) in [5.74, 6) is -4.12. The third-order valence-electron chi connectivity index (χ3n) is 7.02. The molecule has 35 heavy (non-hydrogen) atoms. The average molecular weight is 501 g/mol. The number of carbonyl (C=O) groups excluding carboxylic acids is 1. The molecule has 1 rings (SSSR count). The first-order chi connectivity index (χ1) is 16.7. The van der Waals surface area contributed by atoms with Crippen molar-refractivity contribution in [2.24, 2.45) is 0 Å². The molecule has 1 saturated heterocycles. The number of carboxylic acid groups (broad SMARTS) is 2. The molecule has 0 aromatic carbocycles. The zero-order valence-corrected chi connectivity index (χ0v) is 21.9. The van der Waals surface area contributed by atoms with Gasteiger partial charge in [0, 0.05) is 6.61 Å². The molecule has 0 amide bonds. The topological polar surface area (TPSA) is 130 Å². The Morgan fingerprint density at radius 2 is 1.34 bits per heavy atom. The molecule has 0 aromatic rings. The summed E-state index contributed by atoms with van der Waals surface area (Å²) in [6.07, 6.45) is 13.7. The number of unbranched alkanes of at least 4 members (excludes halogenated alkanes) is 10. The predicted molar refractivity (Wildman–Crippen MR) is 133 cm³/mol. The monoisotopic (exact) mass is 500 g/mol. The number of aliphatic carboxylic acids is 2. The molecule has 0 radical (unpaired) electrons. The van der Waals surface area contributed by atoms with E-state index in [1.807, 2.05) is 0 Å². The summed E-state index contributed by atoms with van der Waals surface area (Å²) < 4.78 is 12.0. The Hall–Kier alpha value is -1.67. The highest BCUT2D eigenvalue weighted by Crippen LogP contribution is 2.38. The van der Waals surface area contributed by atoms with E-state index < -0.39 is 42.0 Å². The van der Waals surface area contributed by atoms with Gasteiger partial charge in [0.15, 0.2) is 5.60 Å². The number of aliphatic hydroxyl groups is 1. The van der Waals surface area contributed by atoms with Crippen LogP contribution in [0.1, 0.15) is 129 Å². The van der Waals surface area contributed by atoms with Crippen LogP contribution in [0, 0.1) is 0 Å². The lowest BCUT2D eigenvalue weighted by Gasteiger charge is -2.39. The predicted octanol–water partition coefficient (Wildman–Crippen LogP) is 5.63. The third-order valence-corrected chi connectivity index (χ3v) is 7.02. The first-order valence-corrected chi connectivity index (χ1v) is 13.7. The van der Waals surface area contributed by atoms with Gasteiger partial charge in [-0.1, -0.05) is 78.1 Å². The molecule has 204 valence electrons. The lowest BCUT2D eigenvalue weighted by Crippen LogP contribution is -2.49. The molecule has 0 spiro atoms. The van der Waals surface area contributed by atoms with Crippen molar-refractivity contribution in [3.05, 3.63) is 0 Å². The number of hydrogen-bond donors (Lipinski definition) is 3. The van der Waals surface area contributed by atoms with Crippen LogP contribution in [0.5, 0.6) is 0 Å². The standard InChI is InChI=1S/C27H48O8/c1-3-5-7-9-11-13-17-27(22-16-15-19-34-22,18-14-12-10-8-6-4-2)35-24(30)21-26(33,25(31)32)20-23(28)29/h22,33H,3-21H2,1-2H3,(H,28,29)(H,31,32). The highest BCUT2D eigenvalue weighted by Gasteiger charge is 2.47. The van der Waals surface area contributed by atoms with E-state index in [0.29, 0.717) is 19.4 Å². The van der Waals surface area contributed by atoms with Gasteiger partial charge in [-0.15, -0.1) is 0 Å². The Morgan fingerprint density at radius 3 is 1.77 bits per heavy atom. The Morgan fingerprint density at radius 1 is 0.829 bits per heavy atom. The minimum Gasteiger partial charge on any atom is -0.481 e. The molecule has 0 aromatic heterocycles. The summed E-state index contributed by atoms with van der Waals surface area (Å²) in [6, 6.07) is 0.